The van der Waals surface area contributed by atoms with E-state index in [4.69, 9.17) is 0 Å². The van der Waals surface area contributed by atoms with E-state index in [1.54, 1.807) is 11.3 Å². The maximum atomic E-state index is 4.55. The molecule has 2 rings (SSSR count). The Balaban J connectivity index is 1.95. The summed E-state index contributed by atoms with van der Waals surface area (Å²) in [5.41, 5.74) is 1.16. The SMILES string of the molecule is CNC(Cc1nc(C)cs1)C1CCCC1. The molecule has 0 aromatic carbocycles. The third-order valence-electron chi connectivity index (χ3n) is 3.40. The summed E-state index contributed by atoms with van der Waals surface area (Å²) >= 11 is 1.80. The molecule has 0 bridgehead atoms. The van der Waals surface area contributed by atoms with E-state index in [1.165, 1.54) is 30.7 Å². The smallest absolute Gasteiger partial charge is 0.0943 e. The van der Waals surface area contributed by atoms with Crippen molar-refractivity contribution in [3.8, 4) is 0 Å². The van der Waals surface area contributed by atoms with Crippen LogP contribution in [0.25, 0.3) is 0 Å². The first-order chi connectivity index (χ1) is 7.29. The highest BCUT2D eigenvalue weighted by Crippen LogP contribution is 2.29. The minimum absolute atomic E-state index is 0.637. The molecule has 1 fully saturated rings. The Kier molecular flexibility index (Phi) is 3.76. The molecule has 15 heavy (non-hydrogen) atoms. The van der Waals surface area contributed by atoms with Gasteiger partial charge >= 0.3 is 0 Å². The molecule has 0 saturated heterocycles. The van der Waals surface area contributed by atoms with Gasteiger partial charge in [0.05, 0.1) is 5.01 Å². The van der Waals surface area contributed by atoms with Crippen LogP contribution in [0.15, 0.2) is 5.38 Å². The highest BCUT2D eigenvalue weighted by molar-refractivity contribution is 7.09. The molecule has 0 radical (unpaired) electrons. The van der Waals surface area contributed by atoms with Gasteiger partial charge in [0.25, 0.3) is 0 Å². The Bertz CT molecular complexity index is 302. The van der Waals surface area contributed by atoms with Gasteiger partial charge in [0.15, 0.2) is 0 Å². The van der Waals surface area contributed by atoms with Crippen LogP contribution in [0.3, 0.4) is 0 Å². The van der Waals surface area contributed by atoms with E-state index in [1.807, 2.05) is 0 Å². The van der Waals surface area contributed by atoms with E-state index in [2.05, 4.69) is 29.7 Å². The molecule has 1 aliphatic rings. The van der Waals surface area contributed by atoms with Gasteiger partial charge in [-0.05, 0) is 32.7 Å². The fourth-order valence-electron chi connectivity index (χ4n) is 2.55. The van der Waals surface area contributed by atoms with Crippen LogP contribution in [0.1, 0.15) is 36.4 Å². The van der Waals surface area contributed by atoms with E-state index >= 15 is 0 Å². The Labute approximate surface area is 96.1 Å². The molecule has 1 saturated carbocycles. The number of nitrogens with one attached hydrogen (secondary N) is 1. The molecular formula is C12H20N2S. The molecule has 0 amide bonds. The molecule has 2 nitrogen and oxygen atoms in total. The van der Waals surface area contributed by atoms with Crippen molar-refractivity contribution in [2.45, 2.75) is 45.1 Å². The Morgan fingerprint density at radius 2 is 2.27 bits per heavy atom. The van der Waals surface area contributed by atoms with Gasteiger partial charge in [-0.15, -0.1) is 11.3 Å². The van der Waals surface area contributed by atoms with Gasteiger partial charge in [-0.3, -0.25) is 0 Å². The maximum Gasteiger partial charge on any atom is 0.0943 e. The first kappa shape index (κ1) is 11.1. The van der Waals surface area contributed by atoms with Crippen molar-refractivity contribution in [3.63, 3.8) is 0 Å². The second-order valence-electron chi connectivity index (χ2n) is 4.53. The van der Waals surface area contributed by atoms with Crippen LogP contribution in [0.2, 0.25) is 0 Å². The molecule has 1 aliphatic carbocycles. The average molecular weight is 224 g/mol. The van der Waals surface area contributed by atoms with Crippen molar-refractivity contribution in [1.29, 1.82) is 0 Å². The van der Waals surface area contributed by atoms with Gasteiger partial charge in [0, 0.05) is 23.5 Å². The van der Waals surface area contributed by atoms with Crippen molar-refractivity contribution in [2.75, 3.05) is 7.05 Å². The summed E-state index contributed by atoms with van der Waals surface area (Å²) in [5.74, 6) is 0.874. The van der Waals surface area contributed by atoms with Gasteiger partial charge in [-0.2, -0.15) is 0 Å². The number of hydrogen-bond acceptors (Lipinski definition) is 3. The van der Waals surface area contributed by atoms with Crippen LogP contribution in [0, 0.1) is 12.8 Å². The average Bonchev–Trinajstić information content (AvgIpc) is 2.85. The molecule has 0 aliphatic heterocycles. The lowest BCUT2D eigenvalue weighted by molar-refractivity contribution is 0.376. The summed E-state index contributed by atoms with van der Waals surface area (Å²) in [6, 6.07) is 0.637. The maximum absolute atomic E-state index is 4.55. The first-order valence-electron chi connectivity index (χ1n) is 5.88. The molecule has 1 heterocycles. The predicted octanol–water partition coefficient (Wildman–Crippen LogP) is 2.77. The zero-order valence-electron chi connectivity index (χ0n) is 9.62. The predicted molar refractivity (Wildman–Crippen MR) is 65.4 cm³/mol. The number of thiazole rings is 1. The lowest BCUT2D eigenvalue weighted by atomic mass is 9.96. The van der Waals surface area contributed by atoms with Crippen molar-refractivity contribution >= 4 is 11.3 Å². The summed E-state index contributed by atoms with van der Waals surface area (Å²) in [4.78, 5) is 4.55. The largest absolute Gasteiger partial charge is 0.316 e. The van der Waals surface area contributed by atoms with Gasteiger partial charge < -0.3 is 5.32 Å². The molecule has 0 spiro atoms. The van der Waals surface area contributed by atoms with Gasteiger partial charge in [0.1, 0.15) is 0 Å². The minimum Gasteiger partial charge on any atom is -0.316 e. The fourth-order valence-corrected chi connectivity index (χ4v) is 3.38. The molecule has 1 unspecified atom stereocenters. The standard InChI is InChI=1S/C12H20N2S/c1-9-8-15-12(14-9)7-11(13-2)10-5-3-4-6-10/h8,10-11,13H,3-7H2,1-2H3. The zero-order chi connectivity index (χ0) is 10.7. The molecule has 1 aromatic rings. The Hall–Kier alpha value is -0.410. The van der Waals surface area contributed by atoms with E-state index < -0.39 is 0 Å². The van der Waals surface area contributed by atoms with E-state index in [0.717, 1.165) is 18.0 Å². The van der Waals surface area contributed by atoms with Crippen LogP contribution in [0.4, 0.5) is 0 Å². The summed E-state index contributed by atoms with van der Waals surface area (Å²) in [6.45, 7) is 2.07. The molecule has 3 heteroatoms. The Morgan fingerprint density at radius 3 is 2.80 bits per heavy atom. The lowest BCUT2D eigenvalue weighted by Crippen LogP contribution is -2.34. The lowest BCUT2D eigenvalue weighted by Gasteiger charge is -2.21. The molecule has 1 N–H and O–H groups in total. The molecular weight excluding hydrogens is 204 g/mol. The third kappa shape index (κ3) is 2.79. The molecule has 84 valence electrons. The molecule has 1 aromatic heterocycles. The fraction of sp³-hybridized carbons (Fsp3) is 0.750. The van der Waals surface area contributed by atoms with Gasteiger partial charge in [0.2, 0.25) is 0 Å². The van der Waals surface area contributed by atoms with E-state index in [9.17, 15) is 0 Å². The van der Waals surface area contributed by atoms with Crippen LogP contribution in [0.5, 0.6) is 0 Å². The van der Waals surface area contributed by atoms with Gasteiger partial charge in [-0.25, -0.2) is 4.98 Å². The number of aromatic nitrogens is 1. The second-order valence-corrected chi connectivity index (χ2v) is 5.47. The second kappa shape index (κ2) is 5.08. The molecule has 1 atom stereocenters. The van der Waals surface area contributed by atoms with Gasteiger partial charge in [-0.1, -0.05) is 12.8 Å². The highest BCUT2D eigenvalue weighted by atomic mass is 32.1. The minimum atomic E-state index is 0.637. The number of nitrogens with zero attached hydrogens (tertiary/aromatic N) is 1. The number of aryl methyl sites for hydroxylation is 1. The topological polar surface area (TPSA) is 24.9 Å². The quantitative estimate of drug-likeness (QED) is 0.850. The van der Waals surface area contributed by atoms with Crippen LogP contribution < -0.4 is 5.32 Å². The first-order valence-corrected chi connectivity index (χ1v) is 6.76. The van der Waals surface area contributed by atoms with Crippen LogP contribution in [-0.2, 0) is 6.42 Å². The third-order valence-corrected chi connectivity index (χ3v) is 4.39. The zero-order valence-corrected chi connectivity index (χ0v) is 10.4. The van der Waals surface area contributed by atoms with Crippen LogP contribution >= 0.6 is 11.3 Å². The number of rotatable bonds is 4. The summed E-state index contributed by atoms with van der Waals surface area (Å²) in [7, 11) is 2.09. The normalized spacial score (nSPS) is 19.6. The van der Waals surface area contributed by atoms with Crippen molar-refractivity contribution < 1.29 is 0 Å². The number of hydrogen-bond donors (Lipinski definition) is 1. The van der Waals surface area contributed by atoms with E-state index in [0.29, 0.717) is 6.04 Å². The summed E-state index contributed by atoms with van der Waals surface area (Å²) < 4.78 is 0. The summed E-state index contributed by atoms with van der Waals surface area (Å²) in [5, 5.41) is 6.91. The van der Waals surface area contributed by atoms with Crippen LogP contribution in [-0.4, -0.2) is 18.1 Å². The monoisotopic (exact) mass is 224 g/mol. The number of likely N-dealkylation sites (N-methyl/N-ethyl adjacent to an activating group) is 1. The van der Waals surface area contributed by atoms with Crippen molar-refractivity contribution in [3.05, 3.63) is 16.1 Å². The highest BCUT2D eigenvalue weighted by Gasteiger charge is 2.24. The summed E-state index contributed by atoms with van der Waals surface area (Å²) in [6.07, 6.45) is 6.74. The van der Waals surface area contributed by atoms with Crippen molar-refractivity contribution in [1.82, 2.24) is 10.3 Å². The Morgan fingerprint density at radius 1 is 1.53 bits per heavy atom. The van der Waals surface area contributed by atoms with Crippen molar-refractivity contribution in [2.24, 2.45) is 5.92 Å². The van der Waals surface area contributed by atoms with E-state index in [-0.39, 0.29) is 0 Å².